The third kappa shape index (κ3) is 1.97. The summed E-state index contributed by atoms with van der Waals surface area (Å²) in [4.78, 5) is 23.8. The van der Waals surface area contributed by atoms with Crippen LogP contribution in [0.15, 0.2) is 24.3 Å². The Morgan fingerprint density at radius 3 is 2.78 bits per heavy atom. The van der Waals surface area contributed by atoms with Crippen LogP contribution >= 0.6 is 0 Å². The van der Waals surface area contributed by atoms with Crippen LogP contribution < -0.4 is 4.90 Å². The maximum Gasteiger partial charge on any atom is 0.415 e. The van der Waals surface area contributed by atoms with Crippen molar-refractivity contribution in [1.29, 1.82) is 0 Å². The number of carboxylic acids is 1. The molecule has 1 fully saturated rings. The number of carboxylic acid groups (broad SMARTS) is 1. The maximum atomic E-state index is 11.7. The van der Waals surface area contributed by atoms with Gasteiger partial charge in [-0.05, 0) is 19.1 Å². The summed E-state index contributed by atoms with van der Waals surface area (Å²) in [6, 6.07) is 6.25. The van der Waals surface area contributed by atoms with Crippen LogP contribution in [0.1, 0.15) is 13.3 Å². The van der Waals surface area contributed by atoms with Crippen LogP contribution in [0.4, 0.5) is 10.5 Å². The molecule has 1 aromatic carbocycles. The van der Waals surface area contributed by atoms with E-state index in [1.807, 2.05) is 0 Å². The van der Waals surface area contributed by atoms with Crippen molar-refractivity contribution < 1.29 is 24.5 Å². The Labute approximate surface area is 103 Å². The summed E-state index contributed by atoms with van der Waals surface area (Å²) in [6.07, 6.45) is -0.909. The molecule has 1 unspecified atom stereocenters. The first kappa shape index (κ1) is 12.2. The zero-order valence-corrected chi connectivity index (χ0v) is 9.79. The summed E-state index contributed by atoms with van der Waals surface area (Å²) in [6.45, 7) is 1.59. The van der Waals surface area contributed by atoms with Crippen LogP contribution in [0.25, 0.3) is 0 Å². The second-order valence-corrected chi connectivity index (χ2v) is 4.45. The molecule has 0 aliphatic carbocycles. The molecule has 96 valence electrons. The zero-order chi connectivity index (χ0) is 13.3. The van der Waals surface area contributed by atoms with Crippen LogP contribution in [0, 0.1) is 0 Å². The van der Waals surface area contributed by atoms with Gasteiger partial charge in [0, 0.05) is 0 Å². The molecule has 2 rings (SSSR count). The lowest BCUT2D eigenvalue weighted by molar-refractivity contribution is -0.138. The Balaban J connectivity index is 2.42. The van der Waals surface area contributed by atoms with Gasteiger partial charge in [-0.15, -0.1) is 0 Å². The third-order valence-corrected chi connectivity index (χ3v) is 2.88. The van der Waals surface area contributed by atoms with E-state index >= 15 is 0 Å². The number of rotatable bonds is 3. The van der Waals surface area contributed by atoms with Gasteiger partial charge in [-0.1, -0.05) is 12.1 Å². The number of phenolic OH excluding ortho intramolecular Hbond substituents is 1. The van der Waals surface area contributed by atoms with Gasteiger partial charge >= 0.3 is 12.1 Å². The Morgan fingerprint density at radius 2 is 2.17 bits per heavy atom. The maximum absolute atomic E-state index is 11.7. The molecule has 1 amide bonds. The molecule has 18 heavy (non-hydrogen) atoms. The number of aliphatic carboxylic acids is 1. The number of hydrogen-bond acceptors (Lipinski definition) is 4. The fourth-order valence-electron chi connectivity index (χ4n) is 2.06. The first-order chi connectivity index (χ1) is 8.44. The smallest absolute Gasteiger partial charge is 0.415 e. The number of nitrogens with zero attached hydrogens (tertiary/aromatic N) is 1. The largest absolute Gasteiger partial charge is 0.506 e. The van der Waals surface area contributed by atoms with Gasteiger partial charge in [0.25, 0.3) is 0 Å². The number of anilines is 1. The van der Waals surface area contributed by atoms with E-state index in [1.54, 1.807) is 25.1 Å². The van der Waals surface area contributed by atoms with Crippen molar-refractivity contribution in [2.45, 2.75) is 18.9 Å². The summed E-state index contributed by atoms with van der Waals surface area (Å²) < 4.78 is 4.90. The predicted molar refractivity (Wildman–Crippen MR) is 62.6 cm³/mol. The van der Waals surface area contributed by atoms with Gasteiger partial charge in [0.05, 0.1) is 17.6 Å². The number of benzene rings is 1. The number of aromatic hydroxyl groups is 1. The van der Waals surface area contributed by atoms with E-state index in [1.165, 1.54) is 11.0 Å². The molecule has 0 radical (unpaired) electrons. The first-order valence-electron chi connectivity index (χ1n) is 5.41. The van der Waals surface area contributed by atoms with Gasteiger partial charge in [0.1, 0.15) is 12.4 Å². The van der Waals surface area contributed by atoms with Crippen molar-refractivity contribution in [3.63, 3.8) is 0 Å². The summed E-state index contributed by atoms with van der Waals surface area (Å²) in [5.74, 6) is -1.12. The van der Waals surface area contributed by atoms with E-state index in [0.29, 0.717) is 0 Å². The van der Waals surface area contributed by atoms with Gasteiger partial charge in [0.2, 0.25) is 0 Å². The fourth-order valence-corrected chi connectivity index (χ4v) is 2.06. The van der Waals surface area contributed by atoms with Crippen LogP contribution in [0.2, 0.25) is 0 Å². The molecule has 1 atom stereocenters. The molecule has 1 aromatic rings. The van der Waals surface area contributed by atoms with Crippen molar-refractivity contribution in [3.8, 4) is 5.75 Å². The molecular weight excluding hydrogens is 238 g/mol. The normalized spacial score (nSPS) is 22.9. The van der Waals surface area contributed by atoms with Crippen molar-refractivity contribution in [3.05, 3.63) is 24.3 Å². The van der Waals surface area contributed by atoms with E-state index in [-0.39, 0.29) is 24.5 Å². The van der Waals surface area contributed by atoms with Gasteiger partial charge in [-0.2, -0.15) is 0 Å². The Kier molecular flexibility index (Phi) is 2.86. The van der Waals surface area contributed by atoms with E-state index < -0.39 is 17.6 Å². The first-order valence-corrected chi connectivity index (χ1v) is 5.41. The molecule has 2 N–H and O–H groups in total. The van der Waals surface area contributed by atoms with Crippen molar-refractivity contribution in [2.75, 3.05) is 11.5 Å². The SMILES string of the molecule is CC1(CC(=O)O)COC(=O)N1c1ccccc1O. The molecule has 0 bridgehead atoms. The predicted octanol–water partition coefficient (Wildman–Crippen LogP) is 1.58. The van der Waals surface area contributed by atoms with Crippen molar-refractivity contribution in [1.82, 2.24) is 0 Å². The molecular formula is C12H13NO5. The number of hydrogen-bond donors (Lipinski definition) is 2. The zero-order valence-electron chi connectivity index (χ0n) is 9.79. The number of ether oxygens (including phenoxy) is 1. The summed E-state index contributed by atoms with van der Waals surface area (Å²) in [5, 5.41) is 18.7. The highest BCUT2D eigenvalue weighted by atomic mass is 16.6. The van der Waals surface area contributed by atoms with Gasteiger partial charge < -0.3 is 14.9 Å². The molecule has 1 heterocycles. The quantitative estimate of drug-likeness (QED) is 0.851. The molecule has 0 saturated carbocycles. The summed E-state index contributed by atoms with van der Waals surface area (Å²) in [7, 11) is 0. The number of carbonyl (C=O) groups is 2. The lowest BCUT2D eigenvalue weighted by Gasteiger charge is -2.30. The highest BCUT2D eigenvalue weighted by Gasteiger charge is 2.47. The average molecular weight is 251 g/mol. The second kappa shape index (κ2) is 4.21. The minimum atomic E-state index is -1.03. The van der Waals surface area contributed by atoms with E-state index in [2.05, 4.69) is 0 Å². The molecule has 6 heteroatoms. The second-order valence-electron chi connectivity index (χ2n) is 4.45. The number of para-hydroxylation sites is 2. The lowest BCUT2D eigenvalue weighted by Crippen LogP contribution is -2.46. The van der Waals surface area contributed by atoms with Crippen LogP contribution in [0.5, 0.6) is 5.75 Å². The number of phenols is 1. The molecule has 6 nitrogen and oxygen atoms in total. The third-order valence-electron chi connectivity index (χ3n) is 2.88. The Morgan fingerprint density at radius 1 is 1.50 bits per heavy atom. The number of carbonyl (C=O) groups excluding carboxylic acids is 1. The van der Waals surface area contributed by atoms with Crippen molar-refractivity contribution >= 4 is 17.7 Å². The Bertz CT molecular complexity index is 501. The highest BCUT2D eigenvalue weighted by Crippen LogP contribution is 2.37. The lowest BCUT2D eigenvalue weighted by atomic mass is 9.97. The van der Waals surface area contributed by atoms with Crippen LogP contribution in [0.3, 0.4) is 0 Å². The van der Waals surface area contributed by atoms with Gasteiger partial charge in [-0.3, -0.25) is 9.69 Å². The van der Waals surface area contributed by atoms with E-state index in [9.17, 15) is 14.7 Å². The average Bonchev–Trinajstić information content (AvgIpc) is 2.55. The van der Waals surface area contributed by atoms with E-state index in [0.717, 1.165) is 0 Å². The minimum absolute atomic E-state index is 0.0214. The highest BCUT2D eigenvalue weighted by molar-refractivity contribution is 5.94. The standard InChI is InChI=1S/C12H13NO5/c1-12(6-10(15)16)7-18-11(17)13(12)8-4-2-3-5-9(8)14/h2-5,14H,6-7H2,1H3,(H,15,16). The molecule has 1 aliphatic heterocycles. The molecule has 1 aliphatic rings. The van der Waals surface area contributed by atoms with Crippen LogP contribution in [-0.2, 0) is 9.53 Å². The van der Waals surface area contributed by atoms with Gasteiger partial charge in [0.15, 0.2) is 0 Å². The number of amides is 1. The topological polar surface area (TPSA) is 87.1 Å². The monoisotopic (exact) mass is 251 g/mol. The fraction of sp³-hybridized carbons (Fsp3) is 0.333. The van der Waals surface area contributed by atoms with E-state index in [4.69, 9.17) is 9.84 Å². The van der Waals surface area contributed by atoms with Crippen LogP contribution in [-0.4, -0.2) is 34.4 Å². The molecule has 0 aromatic heterocycles. The summed E-state index contributed by atoms with van der Waals surface area (Å²) >= 11 is 0. The Hall–Kier alpha value is -2.24. The molecule has 1 saturated heterocycles. The van der Waals surface area contributed by atoms with Gasteiger partial charge in [-0.25, -0.2) is 4.79 Å². The van der Waals surface area contributed by atoms with Crippen molar-refractivity contribution in [2.24, 2.45) is 0 Å². The summed E-state index contributed by atoms with van der Waals surface area (Å²) in [5.41, 5.74) is -0.745. The molecule has 0 spiro atoms. The minimum Gasteiger partial charge on any atom is -0.506 e. The number of cyclic esters (lactones) is 1.